The lowest BCUT2D eigenvalue weighted by molar-refractivity contribution is -0.142. The molecule has 0 radical (unpaired) electrons. The number of aliphatic carboxylic acids is 1. The van der Waals surface area contributed by atoms with Crippen LogP contribution in [0.2, 0.25) is 0 Å². The van der Waals surface area contributed by atoms with Gasteiger partial charge in [-0.05, 0) is 25.3 Å². The third kappa shape index (κ3) is 3.32. The summed E-state index contributed by atoms with van der Waals surface area (Å²) in [5, 5.41) is 14.2. The van der Waals surface area contributed by atoms with Crippen molar-refractivity contribution in [2.24, 2.45) is 5.92 Å². The standard InChI is InChI=1S/C11H17NO2S/c1-7(11(13)14)8(2)12-9(3)10-5-4-6-15-10/h4-9,12H,1-3H3,(H,13,14)/t7?,8?,9-/m1/s1. The third-order valence-corrected chi connectivity index (χ3v) is 3.68. The average Bonchev–Trinajstić information content (AvgIpc) is 2.68. The zero-order chi connectivity index (χ0) is 11.4. The fourth-order valence-corrected chi connectivity index (χ4v) is 2.12. The Balaban J connectivity index is 2.51. The van der Waals surface area contributed by atoms with Gasteiger partial charge in [-0.3, -0.25) is 4.79 Å². The van der Waals surface area contributed by atoms with Gasteiger partial charge in [-0.2, -0.15) is 0 Å². The lowest BCUT2D eigenvalue weighted by Crippen LogP contribution is -2.37. The Kier molecular flexibility index (Phi) is 4.29. The molecule has 0 amide bonds. The Morgan fingerprint density at radius 2 is 2.13 bits per heavy atom. The van der Waals surface area contributed by atoms with E-state index in [1.54, 1.807) is 18.3 Å². The summed E-state index contributed by atoms with van der Waals surface area (Å²) in [7, 11) is 0. The Morgan fingerprint density at radius 1 is 1.47 bits per heavy atom. The molecular formula is C11H17NO2S. The number of hydrogen-bond donors (Lipinski definition) is 2. The lowest BCUT2D eigenvalue weighted by atomic mass is 10.0. The molecule has 1 aromatic heterocycles. The van der Waals surface area contributed by atoms with Crippen LogP contribution in [-0.4, -0.2) is 17.1 Å². The highest BCUT2D eigenvalue weighted by atomic mass is 32.1. The van der Waals surface area contributed by atoms with Crippen LogP contribution >= 0.6 is 11.3 Å². The number of carbonyl (C=O) groups is 1. The fourth-order valence-electron chi connectivity index (χ4n) is 1.37. The van der Waals surface area contributed by atoms with Crippen molar-refractivity contribution in [3.05, 3.63) is 22.4 Å². The van der Waals surface area contributed by atoms with Crippen LogP contribution in [0.1, 0.15) is 31.7 Å². The molecule has 0 spiro atoms. The first-order valence-electron chi connectivity index (χ1n) is 5.04. The SMILES string of the molecule is CC(N[C@H](C)c1cccs1)C(C)C(=O)O. The average molecular weight is 227 g/mol. The highest BCUT2D eigenvalue weighted by Crippen LogP contribution is 2.19. The van der Waals surface area contributed by atoms with Gasteiger partial charge in [0, 0.05) is 17.0 Å². The molecule has 0 saturated heterocycles. The van der Waals surface area contributed by atoms with E-state index < -0.39 is 5.97 Å². The van der Waals surface area contributed by atoms with Crippen LogP contribution in [0.15, 0.2) is 17.5 Å². The van der Waals surface area contributed by atoms with Crippen molar-refractivity contribution in [2.75, 3.05) is 0 Å². The highest BCUT2D eigenvalue weighted by Gasteiger charge is 2.21. The monoisotopic (exact) mass is 227 g/mol. The summed E-state index contributed by atoms with van der Waals surface area (Å²) in [6, 6.07) is 4.24. The van der Waals surface area contributed by atoms with Crippen LogP contribution in [0.3, 0.4) is 0 Å². The normalized spacial score (nSPS) is 17.0. The van der Waals surface area contributed by atoms with Gasteiger partial charge in [0.15, 0.2) is 0 Å². The molecule has 0 saturated carbocycles. The Hall–Kier alpha value is -0.870. The Bertz CT molecular complexity index is 310. The van der Waals surface area contributed by atoms with E-state index in [9.17, 15) is 4.79 Å². The molecule has 2 N–H and O–H groups in total. The second-order valence-electron chi connectivity index (χ2n) is 3.82. The first-order chi connectivity index (χ1) is 7.02. The van der Waals surface area contributed by atoms with Crippen LogP contribution in [-0.2, 0) is 4.79 Å². The van der Waals surface area contributed by atoms with Crippen LogP contribution in [0, 0.1) is 5.92 Å². The van der Waals surface area contributed by atoms with Crippen molar-refractivity contribution in [1.82, 2.24) is 5.32 Å². The summed E-state index contributed by atoms with van der Waals surface area (Å²) in [6.45, 7) is 5.68. The molecule has 0 aliphatic heterocycles. The molecular weight excluding hydrogens is 210 g/mol. The number of nitrogens with one attached hydrogen (secondary N) is 1. The lowest BCUT2D eigenvalue weighted by Gasteiger charge is -2.22. The largest absolute Gasteiger partial charge is 0.481 e. The summed E-state index contributed by atoms with van der Waals surface area (Å²) >= 11 is 1.68. The maximum Gasteiger partial charge on any atom is 0.307 e. The minimum absolute atomic E-state index is 0.0281. The highest BCUT2D eigenvalue weighted by molar-refractivity contribution is 7.10. The van der Waals surface area contributed by atoms with E-state index >= 15 is 0 Å². The first-order valence-corrected chi connectivity index (χ1v) is 5.92. The van der Waals surface area contributed by atoms with E-state index in [1.165, 1.54) is 4.88 Å². The van der Waals surface area contributed by atoms with Gasteiger partial charge in [-0.25, -0.2) is 0 Å². The third-order valence-electron chi connectivity index (χ3n) is 2.62. The molecule has 1 rings (SSSR count). The smallest absolute Gasteiger partial charge is 0.307 e. The molecule has 84 valence electrons. The topological polar surface area (TPSA) is 49.3 Å². The number of rotatable bonds is 5. The van der Waals surface area contributed by atoms with Gasteiger partial charge in [-0.15, -0.1) is 11.3 Å². The number of carboxylic acids is 1. The van der Waals surface area contributed by atoms with Crippen molar-refractivity contribution in [3.63, 3.8) is 0 Å². The van der Waals surface area contributed by atoms with Crippen molar-refractivity contribution < 1.29 is 9.90 Å². The maximum atomic E-state index is 10.8. The van der Waals surface area contributed by atoms with E-state index in [2.05, 4.69) is 18.3 Å². The predicted molar refractivity (Wildman–Crippen MR) is 62.1 cm³/mol. The van der Waals surface area contributed by atoms with Crippen LogP contribution in [0.25, 0.3) is 0 Å². The first kappa shape index (κ1) is 12.2. The van der Waals surface area contributed by atoms with Crippen molar-refractivity contribution in [2.45, 2.75) is 32.9 Å². The van der Waals surface area contributed by atoms with Gasteiger partial charge in [0.2, 0.25) is 0 Å². The van der Waals surface area contributed by atoms with Gasteiger partial charge in [-0.1, -0.05) is 13.0 Å². The molecule has 0 bridgehead atoms. The quantitative estimate of drug-likeness (QED) is 0.812. The van der Waals surface area contributed by atoms with E-state index in [4.69, 9.17) is 5.11 Å². The van der Waals surface area contributed by atoms with E-state index in [-0.39, 0.29) is 18.0 Å². The minimum atomic E-state index is -0.756. The Labute approximate surface area is 94.1 Å². The van der Waals surface area contributed by atoms with Crippen molar-refractivity contribution >= 4 is 17.3 Å². The van der Waals surface area contributed by atoms with Gasteiger partial charge < -0.3 is 10.4 Å². The second-order valence-corrected chi connectivity index (χ2v) is 4.80. The maximum absolute atomic E-state index is 10.8. The van der Waals surface area contributed by atoms with Crippen molar-refractivity contribution in [3.8, 4) is 0 Å². The minimum Gasteiger partial charge on any atom is -0.481 e. The molecule has 2 unspecified atom stereocenters. The molecule has 1 heterocycles. The molecule has 1 aromatic rings. The summed E-state index contributed by atoms with van der Waals surface area (Å²) < 4.78 is 0. The number of hydrogen-bond acceptors (Lipinski definition) is 3. The number of thiophene rings is 1. The summed E-state index contributed by atoms with van der Waals surface area (Å²) in [4.78, 5) is 12.0. The Morgan fingerprint density at radius 3 is 2.60 bits per heavy atom. The second kappa shape index (κ2) is 5.28. The van der Waals surface area contributed by atoms with E-state index in [0.29, 0.717) is 0 Å². The van der Waals surface area contributed by atoms with Gasteiger partial charge in [0.05, 0.1) is 5.92 Å². The summed E-state index contributed by atoms with van der Waals surface area (Å²) in [5.41, 5.74) is 0. The zero-order valence-corrected chi connectivity index (χ0v) is 10.0. The molecule has 0 fully saturated rings. The summed E-state index contributed by atoms with van der Waals surface area (Å²) in [5.74, 6) is -1.12. The van der Waals surface area contributed by atoms with Crippen LogP contribution in [0.5, 0.6) is 0 Å². The van der Waals surface area contributed by atoms with E-state index in [0.717, 1.165) is 0 Å². The molecule has 3 atom stereocenters. The molecule has 15 heavy (non-hydrogen) atoms. The van der Waals surface area contributed by atoms with Gasteiger partial charge >= 0.3 is 5.97 Å². The fraction of sp³-hybridized carbons (Fsp3) is 0.545. The van der Waals surface area contributed by atoms with Gasteiger partial charge in [0.1, 0.15) is 0 Å². The molecule has 3 nitrogen and oxygen atoms in total. The molecule has 0 aliphatic rings. The predicted octanol–water partition coefficient (Wildman–Crippen LogP) is 2.51. The molecule has 0 aliphatic carbocycles. The number of carboxylic acid groups (broad SMARTS) is 1. The zero-order valence-electron chi connectivity index (χ0n) is 9.23. The molecule has 4 heteroatoms. The summed E-state index contributed by atoms with van der Waals surface area (Å²) in [6.07, 6.45) is 0. The van der Waals surface area contributed by atoms with Crippen LogP contribution in [0.4, 0.5) is 0 Å². The molecule has 0 aromatic carbocycles. The van der Waals surface area contributed by atoms with Crippen LogP contribution < -0.4 is 5.32 Å². The van der Waals surface area contributed by atoms with Gasteiger partial charge in [0.25, 0.3) is 0 Å². The van der Waals surface area contributed by atoms with E-state index in [1.807, 2.05) is 18.4 Å². The van der Waals surface area contributed by atoms with Crippen molar-refractivity contribution in [1.29, 1.82) is 0 Å².